The summed E-state index contributed by atoms with van der Waals surface area (Å²) in [4.78, 5) is 19.0. The van der Waals surface area contributed by atoms with Crippen LogP contribution in [0.5, 0.6) is 5.75 Å². The second-order valence-electron chi connectivity index (χ2n) is 9.03. The Balaban J connectivity index is 1.48. The first-order chi connectivity index (χ1) is 15.4. The van der Waals surface area contributed by atoms with Crippen molar-refractivity contribution in [3.63, 3.8) is 0 Å². The standard InChI is InChI=1S/C27H31N3O2/c1-20(2)32-25-8-4-6-22(16-25)18-30-14-11-27(19-30,26(28)31)17-21-5-3-7-24(15-21)23-9-12-29-13-10-23/h3-10,12-13,15-16,20H,11,14,17-19H2,1-2H3,(H2,28,31). The number of nitrogens with two attached hydrogens (primary N) is 1. The predicted octanol–water partition coefficient (Wildman–Crippen LogP) is 4.46. The fourth-order valence-electron chi connectivity index (χ4n) is 4.57. The van der Waals surface area contributed by atoms with Gasteiger partial charge in [-0.1, -0.05) is 36.4 Å². The van der Waals surface area contributed by atoms with Crippen molar-refractivity contribution < 1.29 is 9.53 Å². The van der Waals surface area contributed by atoms with Gasteiger partial charge in [-0.2, -0.15) is 0 Å². The van der Waals surface area contributed by atoms with Crippen LogP contribution in [0.25, 0.3) is 11.1 Å². The third-order valence-electron chi connectivity index (χ3n) is 6.12. The van der Waals surface area contributed by atoms with E-state index in [-0.39, 0.29) is 12.0 Å². The number of carbonyl (C=O) groups excluding carboxylic acids is 1. The third-order valence-corrected chi connectivity index (χ3v) is 6.12. The lowest BCUT2D eigenvalue weighted by Crippen LogP contribution is -2.41. The maximum Gasteiger partial charge on any atom is 0.225 e. The van der Waals surface area contributed by atoms with Gasteiger partial charge in [0.2, 0.25) is 5.91 Å². The van der Waals surface area contributed by atoms with E-state index in [1.807, 2.05) is 44.2 Å². The highest BCUT2D eigenvalue weighted by Crippen LogP contribution is 2.36. The Labute approximate surface area is 190 Å². The number of nitrogens with zero attached hydrogens (tertiary/aromatic N) is 2. The molecule has 1 unspecified atom stereocenters. The monoisotopic (exact) mass is 429 g/mol. The van der Waals surface area contributed by atoms with E-state index < -0.39 is 5.41 Å². The highest BCUT2D eigenvalue weighted by Gasteiger charge is 2.43. The van der Waals surface area contributed by atoms with Gasteiger partial charge < -0.3 is 10.5 Å². The number of hydrogen-bond donors (Lipinski definition) is 1. The molecule has 166 valence electrons. The van der Waals surface area contributed by atoms with Crippen molar-refractivity contribution in [3.8, 4) is 16.9 Å². The van der Waals surface area contributed by atoms with E-state index in [1.54, 1.807) is 12.4 Å². The van der Waals surface area contributed by atoms with Crippen LogP contribution < -0.4 is 10.5 Å². The summed E-state index contributed by atoms with van der Waals surface area (Å²) >= 11 is 0. The molecule has 5 nitrogen and oxygen atoms in total. The summed E-state index contributed by atoms with van der Waals surface area (Å²) in [6.07, 6.45) is 5.15. The van der Waals surface area contributed by atoms with Crippen LogP contribution in [0.4, 0.5) is 0 Å². The van der Waals surface area contributed by atoms with Crippen LogP contribution in [0.2, 0.25) is 0 Å². The molecule has 1 atom stereocenters. The first-order valence-electron chi connectivity index (χ1n) is 11.2. The lowest BCUT2D eigenvalue weighted by Gasteiger charge is -2.26. The molecule has 1 saturated heterocycles. The van der Waals surface area contributed by atoms with E-state index in [0.717, 1.165) is 42.0 Å². The van der Waals surface area contributed by atoms with Crippen molar-refractivity contribution in [3.05, 3.63) is 84.2 Å². The van der Waals surface area contributed by atoms with Crippen LogP contribution >= 0.6 is 0 Å². The average molecular weight is 430 g/mol. The van der Waals surface area contributed by atoms with Gasteiger partial charge in [0.1, 0.15) is 5.75 Å². The molecule has 2 heterocycles. The molecule has 1 aliphatic heterocycles. The first-order valence-corrected chi connectivity index (χ1v) is 11.2. The number of primary amides is 1. The van der Waals surface area contributed by atoms with Crippen molar-refractivity contribution in [1.82, 2.24) is 9.88 Å². The number of pyridine rings is 1. The molecule has 0 aliphatic carbocycles. The largest absolute Gasteiger partial charge is 0.491 e. The predicted molar refractivity (Wildman–Crippen MR) is 127 cm³/mol. The second-order valence-corrected chi connectivity index (χ2v) is 9.03. The molecule has 0 saturated carbocycles. The van der Waals surface area contributed by atoms with Gasteiger partial charge in [-0.15, -0.1) is 0 Å². The summed E-state index contributed by atoms with van der Waals surface area (Å²) in [5.41, 5.74) is 9.98. The Morgan fingerprint density at radius 3 is 2.56 bits per heavy atom. The van der Waals surface area contributed by atoms with Crippen LogP contribution in [0.1, 0.15) is 31.4 Å². The van der Waals surface area contributed by atoms with Gasteiger partial charge >= 0.3 is 0 Å². The number of amides is 1. The maximum atomic E-state index is 12.6. The second kappa shape index (κ2) is 9.53. The Hall–Kier alpha value is -3.18. The van der Waals surface area contributed by atoms with Gasteiger partial charge in [0.25, 0.3) is 0 Å². The number of ether oxygens (including phenoxy) is 1. The molecule has 0 radical (unpaired) electrons. The number of aromatic nitrogens is 1. The minimum atomic E-state index is -0.553. The Kier molecular flexibility index (Phi) is 6.56. The van der Waals surface area contributed by atoms with Crippen molar-refractivity contribution in [2.45, 2.75) is 39.3 Å². The van der Waals surface area contributed by atoms with Crippen LogP contribution in [0.3, 0.4) is 0 Å². The topological polar surface area (TPSA) is 68.4 Å². The number of benzene rings is 2. The molecule has 1 aliphatic rings. The van der Waals surface area contributed by atoms with Crippen LogP contribution in [-0.4, -0.2) is 35.0 Å². The number of hydrogen-bond acceptors (Lipinski definition) is 4. The molecule has 3 aromatic rings. The average Bonchev–Trinajstić information content (AvgIpc) is 3.18. The summed E-state index contributed by atoms with van der Waals surface area (Å²) < 4.78 is 5.83. The van der Waals surface area contributed by atoms with Crippen molar-refractivity contribution in [1.29, 1.82) is 0 Å². The van der Waals surface area contributed by atoms with Gasteiger partial charge in [0.15, 0.2) is 0 Å². The van der Waals surface area contributed by atoms with E-state index in [2.05, 4.69) is 40.2 Å². The molecule has 1 aromatic heterocycles. The zero-order valence-electron chi connectivity index (χ0n) is 18.8. The fraction of sp³-hybridized carbons (Fsp3) is 0.333. The molecule has 2 N–H and O–H groups in total. The molecule has 1 amide bonds. The minimum Gasteiger partial charge on any atom is -0.491 e. The molecule has 5 heteroatoms. The first kappa shape index (κ1) is 22.0. The van der Waals surface area contributed by atoms with Crippen molar-refractivity contribution >= 4 is 5.91 Å². The number of carbonyl (C=O) groups is 1. The quantitative estimate of drug-likeness (QED) is 0.574. The van der Waals surface area contributed by atoms with E-state index in [0.29, 0.717) is 13.0 Å². The third kappa shape index (κ3) is 5.17. The van der Waals surface area contributed by atoms with E-state index in [4.69, 9.17) is 10.5 Å². The smallest absolute Gasteiger partial charge is 0.225 e. The highest BCUT2D eigenvalue weighted by atomic mass is 16.5. The molecule has 0 spiro atoms. The lowest BCUT2D eigenvalue weighted by atomic mass is 9.79. The van der Waals surface area contributed by atoms with Gasteiger partial charge in [-0.3, -0.25) is 14.7 Å². The van der Waals surface area contributed by atoms with Gasteiger partial charge in [0, 0.05) is 25.5 Å². The molecular formula is C27H31N3O2. The maximum absolute atomic E-state index is 12.6. The molecule has 32 heavy (non-hydrogen) atoms. The van der Waals surface area contributed by atoms with E-state index in [9.17, 15) is 4.79 Å². The fourth-order valence-corrected chi connectivity index (χ4v) is 4.57. The Bertz CT molecular complexity index is 1070. The zero-order chi connectivity index (χ0) is 22.6. The van der Waals surface area contributed by atoms with Crippen LogP contribution in [0, 0.1) is 5.41 Å². The minimum absolute atomic E-state index is 0.141. The van der Waals surface area contributed by atoms with Crippen LogP contribution in [0.15, 0.2) is 73.1 Å². The van der Waals surface area contributed by atoms with Crippen molar-refractivity contribution in [2.24, 2.45) is 11.1 Å². The summed E-state index contributed by atoms with van der Waals surface area (Å²) in [6.45, 7) is 6.34. The summed E-state index contributed by atoms with van der Waals surface area (Å²) in [5, 5.41) is 0. The van der Waals surface area contributed by atoms with Gasteiger partial charge in [-0.05, 0) is 79.8 Å². The molecule has 2 aromatic carbocycles. The van der Waals surface area contributed by atoms with E-state index in [1.165, 1.54) is 5.56 Å². The SMILES string of the molecule is CC(C)Oc1cccc(CN2CCC(Cc3cccc(-c4ccncc4)c3)(C(N)=O)C2)c1. The summed E-state index contributed by atoms with van der Waals surface area (Å²) in [5.74, 6) is 0.664. The Morgan fingerprint density at radius 1 is 1.06 bits per heavy atom. The normalized spacial score (nSPS) is 18.7. The van der Waals surface area contributed by atoms with E-state index >= 15 is 0 Å². The lowest BCUT2D eigenvalue weighted by molar-refractivity contribution is -0.127. The Morgan fingerprint density at radius 2 is 1.81 bits per heavy atom. The van der Waals surface area contributed by atoms with Gasteiger partial charge in [0.05, 0.1) is 11.5 Å². The molecule has 0 bridgehead atoms. The molecule has 4 rings (SSSR count). The van der Waals surface area contributed by atoms with Gasteiger partial charge in [-0.25, -0.2) is 0 Å². The zero-order valence-corrected chi connectivity index (χ0v) is 18.8. The number of rotatable bonds is 8. The van der Waals surface area contributed by atoms with Crippen LogP contribution in [-0.2, 0) is 17.8 Å². The summed E-state index contributed by atoms with van der Waals surface area (Å²) in [7, 11) is 0. The summed E-state index contributed by atoms with van der Waals surface area (Å²) in [6, 6.07) is 20.6. The van der Waals surface area contributed by atoms with Crippen molar-refractivity contribution in [2.75, 3.05) is 13.1 Å². The number of likely N-dealkylation sites (tertiary alicyclic amines) is 1. The molecular weight excluding hydrogens is 398 g/mol. The highest BCUT2D eigenvalue weighted by molar-refractivity contribution is 5.82. The molecule has 1 fully saturated rings.